The SMILES string of the molecule is CC/C=C\C/C=C\C/C=C\C/C=C\CCCCCCCCCCCCCCCCCCCCC(=O)OC(COC(=O)CCCCCCCCCCCCCCCCCCCCC/C=C\C/C=C\CCCCCCC)COC(OCC[N+](C)(C)C)C(=O)O. The van der Waals surface area contributed by atoms with Crippen molar-refractivity contribution in [3.8, 4) is 0 Å². The van der Waals surface area contributed by atoms with Crippen molar-refractivity contribution in [2.45, 2.75) is 360 Å². The number of carbonyl (C=O) groups is 3. The maximum Gasteiger partial charge on any atom is 0.361 e. The Hall–Kier alpha value is -3.27. The highest BCUT2D eigenvalue weighted by molar-refractivity contribution is 5.71. The van der Waals surface area contributed by atoms with Gasteiger partial charge in [-0.05, 0) is 83.5 Å². The van der Waals surface area contributed by atoms with E-state index in [0.29, 0.717) is 17.4 Å². The van der Waals surface area contributed by atoms with Gasteiger partial charge in [0.25, 0.3) is 6.29 Å². The fourth-order valence-corrected chi connectivity index (χ4v) is 10.8. The molecule has 0 aromatic carbocycles. The van der Waals surface area contributed by atoms with Gasteiger partial charge in [0.15, 0.2) is 6.10 Å². The molecule has 0 radical (unpaired) electrons. The number of ether oxygens (including phenoxy) is 4. The predicted molar refractivity (Wildman–Crippen MR) is 373 cm³/mol. The van der Waals surface area contributed by atoms with E-state index in [-0.39, 0.29) is 38.2 Å². The summed E-state index contributed by atoms with van der Waals surface area (Å²) in [6.45, 7) is 4.81. The lowest BCUT2D eigenvalue weighted by atomic mass is 10.0. The second-order valence-corrected chi connectivity index (χ2v) is 26.2. The molecular weight excluding hydrogens is 1080 g/mol. The highest BCUT2D eigenvalue weighted by atomic mass is 16.7. The minimum absolute atomic E-state index is 0.179. The van der Waals surface area contributed by atoms with Gasteiger partial charge in [0.1, 0.15) is 13.2 Å². The summed E-state index contributed by atoms with van der Waals surface area (Å²) in [7, 11) is 5.99. The Morgan fingerprint density at radius 2 is 0.655 bits per heavy atom. The number of quaternary nitrogens is 1. The Morgan fingerprint density at radius 1 is 0.356 bits per heavy atom. The van der Waals surface area contributed by atoms with Gasteiger partial charge in [-0.2, -0.15) is 0 Å². The molecule has 87 heavy (non-hydrogen) atoms. The summed E-state index contributed by atoms with van der Waals surface area (Å²) in [5, 5.41) is 9.76. The van der Waals surface area contributed by atoms with Crippen LogP contribution >= 0.6 is 0 Å². The molecule has 506 valence electrons. The minimum atomic E-state index is -1.51. The van der Waals surface area contributed by atoms with Gasteiger partial charge in [0, 0.05) is 12.8 Å². The van der Waals surface area contributed by atoms with Gasteiger partial charge in [0.05, 0.1) is 34.4 Å². The van der Waals surface area contributed by atoms with Crippen molar-refractivity contribution in [2.24, 2.45) is 0 Å². The number of aliphatic carboxylic acids is 1. The van der Waals surface area contributed by atoms with Gasteiger partial charge in [-0.15, -0.1) is 0 Å². The maximum absolute atomic E-state index is 13.0. The molecule has 0 saturated carbocycles. The second kappa shape index (κ2) is 68.6. The predicted octanol–water partition coefficient (Wildman–Crippen LogP) is 23.3. The molecular formula is C78H142NO8+. The number of carboxylic acid groups (broad SMARTS) is 1. The second-order valence-electron chi connectivity index (χ2n) is 26.2. The molecule has 0 saturated heterocycles. The van der Waals surface area contributed by atoms with Crippen molar-refractivity contribution in [1.82, 2.24) is 0 Å². The number of hydrogen-bond acceptors (Lipinski definition) is 7. The number of allylic oxidation sites excluding steroid dienone is 12. The van der Waals surface area contributed by atoms with Crippen LogP contribution in [0, 0.1) is 0 Å². The molecule has 0 heterocycles. The van der Waals surface area contributed by atoms with E-state index in [9.17, 15) is 19.5 Å². The van der Waals surface area contributed by atoms with Crippen LogP contribution in [0.25, 0.3) is 0 Å². The number of rotatable bonds is 69. The Balaban J connectivity index is 4.04. The molecule has 9 nitrogen and oxygen atoms in total. The van der Waals surface area contributed by atoms with Crippen molar-refractivity contribution >= 4 is 17.9 Å². The molecule has 0 rings (SSSR count). The van der Waals surface area contributed by atoms with Crippen LogP contribution in [0.4, 0.5) is 0 Å². The number of carbonyl (C=O) groups excluding carboxylic acids is 2. The summed E-state index contributed by atoms with van der Waals surface area (Å²) in [5.41, 5.74) is 0. The van der Waals surface area contributed by atoms with Gasteiger partial charge in [0.2, 0.25) is 0 Å². The van der Waals surface area contributed by atoms with Gasteiger partial charge in [-0.3, -0.25) is 9.59 Å². The number of likely N-dealkylation sites (N-methyl/N-ethyl adjacent to an activating group) is 1. The molecule has 0 aliphatic heterocycles. The van der Waals surface area contributed by atoms with Crippen LogP contribution in [0.15, 0.2) is 72.9 Å². The monoisotopic (exact) mass is 1220 g/mol. The molecule has 0 aliphatic carbocycles. The molecule has 0 aliphatic rings. The Morgan fingerprint density at radius 3 is 0.977 bits per heavy atom. The topological polar surface area (TPSA) is 108 Å². The fraction of sp³-hybridized carbons (Fsp3) is 0.808. The van der Waals surface area contributed by atoms with Crippen LogP contribution in [0.1, 0.15) is 348 Å². The van der Waals surface area contributed by atoms with Crippen molar-refractivity contribution in [2.75, 3.05) is 47.5 Å². The van der Waals surface area contributed by atoms with Gasteiger partial charge in [-0.25, -0.2) is 4.79 Å². The fourth-order valence-electron chi connectivity index (χ4n) is 10.8. The first-order valence-electron chi connectivity index (χ1n) is 37.1. The average molecular weight is 1220 g/mol. The summed E-state index contributed by atoms with van der Waals surface area (Å²) in [6, 6.07) is 0. The smallest absolute Gasteiger partial charge is 0.361 e. The molecule has 9 heteroatoms. The molecule has 0 bridgehead atoms. The average Bonchev–Trinajstić information content (AvgIpc) is 3.56. The summed E-state index contributed by atoms with van der Waals surface area (Å²) < 4.78 is 23.0. The van der Waals surface area contributed by atoms with E-state index in [4.69, 9.17) is 18.9 Å². The van der Waals surface area contributed by atoms with Crippen molar-refractivity contribution in [3.05, 3.63) is 72.9 Å². The van der Waals surface area contributed by atoms with Crippen LogP contribution < -0.4 is 0 Å². The molecule has 0 fully saturated rings. The van der Waals surface area contributed by atoms with Crippen molar-refractivity contribution < 1.29 is 42.9 Å². The Kier molecular flexibility index (Phi) is 66.1. The van der Waals surface area contributed by atoms with E-state index in [0.717, 1.165) is 70.6 Å². The number of unbranched alkanes of at least 4 members (excludes halogenated alkanes) is 42. The lowest BCUT2D eigenvalue weighted by molar-refractivity contribution is -0.870. The lowest BCUT2D eigenvalue weighted by Gasteiger charge is -2.25. The molecule has 0 aromatic heterocycles. The zero-order chi connectivity index (χ0) is 63.3. The van der Waals surface area contributed by atoms with Crippen LogP contribution in [0.3, 0.4) is 0 Å². The third-order valence-corrected chi connectivity index (χ3v) is 16.4. The summed E-state index contributed by atoms with van der Waals surface area (Å²) in [6.07, 6.45) is 88.9. The quantitative estimate of drug-likeness (QED) is 0.0211. The number of carboxylic acids is 1. The summed E-state index contributed by atoms with van der Waals surface area (Å²) in [4.78, 5) is 37.7. The zero-order valence-corrected chi connectivity index (χ0v) is 57.9. The Labute approximate surface area is 538 Å². The van der Waals surface area contributed by atoms with Gasteiger partial charge in [-0.1, -0.05) is 324 Å². The first-order chi connectivity index (χ1) is 42.6. The van der Waals surface area contributed by atoms with Crippen LogP contribution in [-0.2, 0) is 33.3 Å². The van der Waals surface area contributed by atoms with E-state index in [2.05, 4.69) is 86.8 Å². The van der Waals surface area contributed by atoms with Gasteiger partial charge >= 0.3 is 17.9 Å². The standard InChI is InChI=1S/C78H141NO8/c1-6-8-10-12-14-16-18-20-22-24-26-28-30-32-34-36-38-40-42-44-46-48-50-52-54-56-58-60-62-64-66-68-75(80)85-72-74(73-86-78(77(82)83)84-71-70-79(3,4)5)87-76(81)69-67-65-63-61-59-57-55-53-51-49-47-45-43-41-39-37-35-33-31-29-27-25-23-21-19-17-15-13-11-9-7-2/h9,11,15,17-18,20-21,23-24,26-27,29,74,78H,6-8,10,12-14,16,19,22,25,28,30-73H2,1-5H3/p+1/b11-9-,17-15-,20-18-,23-21-,26-24-,29-27-. The highest BCUT2D eigenvalue weighted by Gasteiger charge is 2.25. The number of nitrogens with zero attached hydrogens (tertiary/aromatic N) is 1. The number of hydrogen-bond donors (Lipinski definition) is 1. The molecule has 1 N–H and O–H groups in total. The van der Waals surface area contributed by atoms with E-state index < -0.39 is 18.4 Å². The van der Waals surface area contributed by atoms with Crippen molar-refractivity contribution in [3.63, 3.8) is 0 Å². The largest absolute Gasteiger partial charge is 0.477 e. The molecule has 0 amide bonds. The van der Waals surface area contributed by atoms with E-state index in [1.54, 1.807) is 0 Å². The molecule has 0 spiro atoms. The lowest BCUT2D eigenvalue weighted by Crippen LogP contribution is -2.40. The van der Waals surface area contributed by atoms with Crippen LogP contribution in [0.5, 0.6) is 0 Å². The third-order valence-electron chi connectivity index (χ3n) is 16.4. The third kappa shape index (κ3) is 70.1. The Bertz CT molecular complexity index is 1660. The maximum atomic E-state index is 13.0. The van der Waals surface area contributed by atoms with E-state index >= 15 is 0 Å². The zero-order valence-electron chi connectivity index (χ0n) is 57.9. The van der Waals surface area contributed by atoms with E-state index in [1.807, 2.05) is 21.1 Å². The molecule has 2 unspecified atom stereocenters. The first kappa shape index (κ1) is 83.7. The van der Waals surface area contributed by atoms with E-state index in [1.165, 1.54) is 250 Å². The van der Waals surface area contributed by atoms with Gasteiger partial charge < -0.3 is 28.5 Å². The summed E-state index contributed by atoms with van der Waals surface area (Å²) >= 11 is 0. The normalized spacial score (nSPS) is 13.1. The molecule has 0 aromatic rings. The van der Waals surface area contributed by atoms with Crippen molar-refractivity contribution in [1.29, 1.82) is 0 Å². The number of esters is 2. The van der Waals surface area contributed by atoms with Crippen LogP contribution in [-0.4, -0.2) is 87.4 Å². The summed E-state index contributed by atoms with van der Waals surface area (Å²) in [5.74, 6) is -1.98. The van der Waals surface area contributed by atoms with Crippen LogP contribution in [0.2, 0.25) is 0 Å². The molecule has 2 atom stereocenters. The minimum Gasteiger partial charge on any atom is -0.477 e. The first-order valence-corrected chi connectivity index (χ1v) is 37.1. The highest BCUT2D eigenvalue weighted by Crippen LogP contribution is 2.19.